The van der Waals surface area contributed by atoms with Gasteiger partial charge in [-0.3, -0.25) is 4.68 Å². The molecule has 2 N–H and O–H groups in total. The fourth-order valence-electron chi connectivity index (χ4n) is 2.22. The topological polar surface area (TPSA) is 41.9 Å². The molecule has 0 amide bonds. The molecule has 2 atom stereocenters. The van der Waals surface area contributed by atoms with E-state index >= 15 is 0 Å². The molecule has 4 heteroatoms. The van der Waals surface area contributed by atoms with Gasteiger partial charge in [0.25, 0.3) is 0 Å². The van der Waals surface area contributed by atoms with Crippen molar-refractivity contribution in [3.8, 4) is 0 Å². The first kappa shape index (κ1) is 11.6. The number of hydrogen-bond acceptors (Lipinski definition) is 3. The molecule has 1 aliphatic rings. The van der Waals surface area contributed by atoms with E-state index in [0.717, 1.165) is 19.0 Å². The molecule has 1 saturated heterocycles. The Hall–Kier alpha value is -0.870. The van der Waals surface area contributed by atoms with Crippen LogP contribution in [-0.4, -0.2) is 35.5 Å². The Kier molecular flexibility index (Phi) is 4.36. The minimum absolute atomic E-state index is 0.488. The van der Waals surface area contributed by atoms with Crippen LogP contribution in [0.5, 0.6) is 0 Å². The van der Waals surface area contributed by atoms with E-state index in [2.05, 4.69) is 22.7 Å². The maximum Gasteiger partial charge on any atom is 0.0559 e. The van der Waals surface area contributed by atoms with Crippen molar-refractivity contribution in [3.63, 3.8) is 0 Å². The van der Waals surface area contributed by atoms with Gasteiger partial charge in [0.15, 0.2) is 0 Å². The highest BCUT2D eigenvalue weighted by molar-refractivity contribution is 4.79. The summed E-state index contributed by atoms with van der Waals surface area (Å²) in [4.78, 5) is 0. The highest BCUT2D eigenvalue weighted by atomic mass is 15.3. The number of hydrogen-bond donors (Lipinski definition) is 2. The molecule has 4 nitrogen and oxygen atoms in total. The molecule has 0 saturated carbocycles. The first-order chi connectivity index (χ1) is 7.84. The molecule has 2 heterocycles. The third-order valence-electron chi connectivity index (χ3n) is 3.17. The number of rotatable bonds is 5. The second kappa shape index (κ2) is 6.01. The molecule has 0 aromatic carbocycles. The highest BCUT2D eigenvalue weighted by Gasteiger charge is 2.13. The Morgan fingerprint density at radius 3 is 3.25 bits per heavy atom. The van der Waals surface area contributed by atoms with E-state index in [1.165, 1.54) is 25.9 Å². The van der Waals surface area contributed by atoms with E-state index in [0.29, 0.717) is 6.04 Å². The minimum Gasteiger partial charge on any atom is -0.316 e. The summed E-state index contributed by atoms with van der Waals surface area (Å²) in [5.41, 5.74) is 0. The average Bonchev–Trinajstić information content (AvgIpc) is 2.81. The van der Waals surface area contributed by atoms with E-state index in [1.807, 2.05) is 23.1 Å². The van der Waals surface area contributed by atoms with Crippen molar-refractivity contribution in [3.05, 3.63) is 18.5 Å². The molecule has 0 spiro atoms. The van der Waals surface area contributed by atoms with Crippen LogP contribution in [0, 0.1) is 5.92 Å². The monoisotopic (exact) mass is 222 g/mol. The zero-order chi connectivity index (χ0) is 11.2. The summed E-state index contributed by atoms with van der Waals surface area (Å²) in [6, 6.07) is 2.46. The van der Waals surface area contributed by atoms with Crippen molar-refractivity contribution in [2.75, 3.05) is 19.6 Å². The first-order valence-electron chi connectivity index (χ1n) is 6.26. The summed E-state index contributed by atoms with van der Waals surface area (Å²) in [5.74, 6) is 0.800. The lowest BCUT2D eigenvalue weighted by Gasteiger charge is -2.24. The Bertz CT molecular complexity index is 277. The number of nitrogens with one attached hydrogen (secondary N) is 2. The lowest BCUT2D eigenvalue weighted by atomic mass is 9.99. The van der Waals surface area contributed by atoms with Crippen LogP contribution in [0.25, 0.3) is 0 Å². The van der Waals surface area contributed by atoms with E-state index < -0.39 is 0 Å². The highest BCUT2D eigenvalue weighted by Crippen LogP contribution is 2.08. The molecule has 0 aliphatic carbocycles. The fourth-order valence-corrected chi connectivity index (χ4v) is 2.22. The van der Waals surface area contributed by atoms with Gasteiger partial charge in [-0.05, 0) is 51.4 Å². The normalized spacial score (nSPS) is 23.2. The molecule has 1 aromatic heterocycles. The van der Waals surface area contributed by atoms with Crippen LogP contribution in [0.2, 0.25) is 0 Å². The van der Waals surface area contributed by atoms with E-state index in [4.69, 9.17) is 0 Å². The van der Waals surface area contributed by atoms with Crippen LogP contribution in [0.15, 0.2) is 18.5 Å². The predicted molar refractivity (Wildman–Crippen MR) is 65.3 cm³/mol. The van der Waals surface area contributed by atoms with Gasteiger partial charge < -0.3 is 10.6 Å². The lowest BCUT2D eigenvalue weighted by molar-refractivity contribution is 0.335. The van der Waals surface area contributed by atoms with Crippen molar-refractivity contribution in [2.45, 2.75) is 32.4 Å². The van der Waals surface area contributed by atoms with Crippen molar-refractivity contribution in [1.82, 2.24) is 20.4 Å². The zero-order valence-electron chi connectivity index (χ0n) is 10.0. The molecule has 1 aliphatic heterocycles. The lowest BCUT2D eigenvalue weighted by Crippen LogP contribution is -2.40. The average molecular weight is 222 g/mol. The molecular formula is C12H22N4. The maximum absolute atomic E-state index is 4.22. The summed E-state index contributed by atoms with van der Waals surface area (Å²) in [6.45, 7) is 6.65. The zero-order valence-corrected chi connectivity index (χ0v) is 10.0. The molecule has 16 heavy (non-hydrogen) atoms. The van der Waals surface area contributed by atoms with Crippen LogP contribution in [0.4, 0.5) is 0 Å². The SMILES string of the molecule is CC(Cn1cccn1)NCC1CCCNC1. The van der Waals surface area contributed by atoms with Gasteiger partial charge >= 0.3 is 0 Å². The first-order valence-corrected chi connectivity index (χ1v) is 6.26. The van der Waals surface area contributed by atoms with Gasteiger partial charge in [-0.15, -0.1) is 0 Å². The number of nitrogens with zero attached hydrogens (tertiary/aromatic N) is 2. The summed E-state index contributed by atoms with van der Waals surface area (Å²) >= 11 is 0. The molecule has 90 valence electrons. The predicted octanol–water partition coefficient (Wildman–Crippen LogP) is 0.861. The molecule has 2 rings (SSSR count). The standard InChI is InChI=1S/C12H22N4/c1-11(10-16-7-3-6-15-16)14-9-12-4-2-5-13-8-12/h3,6-7,11-14H,2,4-5,8-10H2,1H3. The second-order valence-corrected chi connectivity index (χ2v) is 4.75. The molecule has 0 radical (unpaired) electrons. The van der Waals surface area contributed by atoms with Crippen molar-refractivity contribution in [2.24, 2.45) is 5.92 Å². The van der Waals surface area contributed by atoms with Gasteiger partial charge in [0.05, 0.1) is 6.54 Å². The van der Waals surface area contributed by atoms with Gasteiger partial charge in [-0.25, -0.2) is 0 Å². The third-order valence-corrected chi connectivity index (χ3v) is 3.17. The van der Waals surface area contributed by atoms with Gasteiger partial charge in [0, 0.05) is 18.4 Å². The van der Waals surface area contributed by atoms with Crippen molar-refractivity contribution in [1.29, 1.82) is 0 Å². The minimum atomic E-state index is 0.488. The van der Waals surface area contributed by atoms with Crippen LogP contribution in [0.3, 0.4) is 0 Å². The smallest absolute Gasteiger partial charge is 0.0559 e. The molecule has 1 fully saturated rings. The molecule has 0 bridgehead atoms. The van der Waals surface area contributed by atoms with E-state index in [1.54, 1.807) is 0 Å². The van der Waals surface area contributed by atoms with Crippen LogP contribution in [0.1, 0.15) is 19.8 Å². The van der Waals surface area contributed by atoms with Gasteiger partial charge in [-0.1, -0.05) is 0 Å². The Labute approximate surface area is 97.4 Å². The summed E-state index contributed by atoms with van der Waals surface area (Å²) < 4.78 is 1.98. The summed E-state index contributed by atoms with van der Waals surface area (Å²) in [7, 11) is 0. The Morgan fingerprint density at radius 2 is 2.56 bits per heavy atom. The van der Waals surface area contributed by atoms with E-state index in [9.17, 15) is 0 Å². The maximum atomic E-state index is 4.22. The summed E-state index contributed by atoms with van der Waals surface area (Å²) in [5, 5.41) is 11.3. The Morgan fingerprint density at radius 1 is 1.62 bits per heavy atom. The second-order valence-electron chi connectivity index (χ2n) is 4.75. The van der Waals surface area contributed by atoms with E-state index in [-0.39, 0.29) is 0 Å². The largest absolute Gasteiger partial charge is 0.316 e. The van der Waals surface area contributed by atoms with Crippen LogP contribution in [-0.2, 0) is 6.54 Å². The van der Waals surface area contributed by atoms with Gasteiger partial charge in [0.1, 0.15) is 0 Å². The van der Waals surface area contributed by atoms with Crippen LogP contribution < -0.4 is 10.6 Å². The van der Waals surface area contributed by atoms with Gasteiger partial charge in [-0.2, -0.15) is 5.10 Å². The van der Waals surface area contributed by atoms with Gasteiger partial charge in [0.2, 0.25) is 0 Å². The third kappa shape index (κ3) is 3.61. The van der Waals surface area contributed by atoms with Crippen molar-refractivity contribution < 1.29 is 0 Å². The van der Waals surface area contributed by atoms with Crippen molar-refractivity contribution >= 4 is 0 Å². The Balaban J connectivity index is 1.65. The fraction of sp³-hybridized carbons (Fsp3) is 0.750. The number of aromatic nitrogens is 2. The number of piperidine rings is 1. The molecular weight excluding hydrogens is 200 g/mol. The quantitative estimate of drug-likeness (QED) is 0.776. The molecule has 2 unspecified atom stereocenters. The molecule has 1 aromatic rings. The summed E-state index contributed by atoms with van der Waals surface area (Å²) in [6.07, 6.45) is 6.52. The van der Waals surface area contributed by atoms with Crippen LogP contribution >= 0.6 is 0 Å².